The molecular formula is C27H37N3O. The first kappa shape index (κ1) is 24.4. The summed E-state index contributed by atoms with van der Waals surface area (Å²) in [5.74, 6) is 0. The number of benzene rings is 2. The van der Waals surface area contributed by atoms with E-state index in [1.54, 1.807) is 0 Å². The molecule has 4 rings (SSSR count). The standard InChI is InChI=1S/C23H25N3O.2C2H6/c1-4-26(5-2)15(3)16-10-11-21-18(12-16)14-22(24-21)19-13-17-8-6-7-9-20(17)25-23(19)27;2*1-2/h6-15,24H,4-5H2,1-3H3,(H,25,27);2*1-2H3. The second-order valence-corrected chi connectivity index (χ2v) is 7.03. The Bertz CT molecular complexity index is 1150. The largest absolute Gasteiger partial charge is 0.354 e. The van der Waals surface area contributed by atoms with Crippen LogP contribution in [0.2, 0.25) is 0 Å². The van der Waals surface area contributed by atoms with E-state index in [9.17, 15) is 4.79 Å². The molecule has 4 aromatic rings. The lowest BCUT2D eigenvalue weighted by Crippen LogP contribution is -2.26. The van der Waals surface area contributed by atoms with Crippen molar-refractivity contribution in [3.63, 3.8) is 0 Å². The molecule has 2 aromatic heterocycles. The second-order valence-electron chi connectivity index (χ2n) is 7.03. The van der Waals surface area contributed by atoms with Gasteiger partial charge in [0.15, 0.2) is 0 Å². The van der Waals surface area contributed by atoms with Gasteiger partial charge in [0.1, 0.15) is 0 Å². The van der Waals surface area contributed by atoms with E-state index in [0.717, 1.165) is 40.6 Å². The molecule has 0 amide bonds. The summed E-state index contributed by atoms with van der Waals surface area (Å²) in [6, 6.07) is 18.8. The van der Waals surface area contributed by atoms with Crippen LogP contribution in [-0.4, -0.2) is 28.0 Å². The lowest BCUT2D eigenvalue weighted by atomic mass is 10.0. The first-order chi connectivity index (χ1) is 15.1. The Hall–Kier alpha value is -2.85. The molecule has 0 spiro atoms. The number of nitrogens with zero attached hydrogens (tertiary/aromatic N) is 1. The third kappa shape index (κ3) is 5.26. The van der Waals surface area contributed by atoms with E-state index in [-0.39, 0.29) is 5.56 Å². The van der Waals surface area contributed by atoms with Gasteiger partial charge in [-0.1, -0.05) is 65.8 Å². The average Bonchev–Trinajstić information content (AvgIpc) is 3.25. The summed E-state index contributed by atoms with van der Waals surface area (Å²) in [6.07, 6.45) is 0. The van der Waals surface area contributed by atoms with Crippen molar-refractivity contribution in [3.05, 3.63) is 70.5 Å². The molecular weight excluding hydrogens is 382 g/mol. The van der Waals surface area contributed by atoms with Crippen LogP contribution in [0.3, 0.4) is 0 Å². The van der Waals surface area contributed by atoms with Crippen LogP contribution < -0.4 is 5.56 Å². The first-order valence-corrected chi connectivity index (χ1v) is 11.6. The zero-order chi connectivity index (χ0) is 23.0. The van der Waals surface area contributed by atoms with Crippen molar-refractivity contribution in [2.75, 3.05) is 13.1 Å². The van der Waals surface area contributed by atoms with Gasteiger partial charge in [0, 0.05) is 22.5 Å². The highest BCUT2D eigenvalue weighted by Crippen LogP contribution is 2.28. The van der Waals surface area contributed by atoms with Gasteiger partial charge in [0.25, 0.3) is 5.56 Å². The third-order valence-electron chi connectivity index (χ3n) is 5.53. The normalized spacial score (nSPS) is 11.6. The van der Waals surface area contributed by atoms with Gasteiger partial charge >= 0.3 is 0 Å². The van der Waals surface area contributed by atoms with Crippen LogP contribution in [0.4, 0.5) is 0 Å². The summed E-state index contributed by atoms with van der Waals surface area (Å²) in [4.78, 5) is 21.4. The Kier molecular flexibility index (Phi) is 9.07. The molecule has 31 heavy (non-hydrogen) atoms. The van der Waals surface area contributed by atoms with Gasteiger partial charge in [-0.3, -0.25) is 9.69 Å². The Morgan fingerprint density at radius 3 is 2.13 bits per heavy atom. The van der Waals surface area contributed by atoms with Gasteiger partial charge in [0.2, 0.25) is 0 Å². The van der Waals surface area contributed by atoms with Gasteiger partial charge in [-0.25, -0.2) is 0 Å². The maximum absolute atomic E-state index is 12.6. The number of aromatic nitrogens is 2. The highest BCUT2D eigenvalue weighted by molar-refractivity contribution is 5.89. The van der Waals surface area contributed by atoms with E-state index < -0.39 is 0 Å². The first-order valence-electron chi connectivity index (χ1n) is 11.6. The fraction of sp³-hybridized carbons (Fsp3) is 0.370. The Morgan fingerprint density at radius 1 is 0.806 bits per heavy atom. The highest BCUT2D eigenvalue weighted by Gasteiger charge is 2.14. The van der Waals surface area contributed by atoms with E-state index in [0.29, 0.717) is 11.6 Å². The molecule has 2 aromatic carbocycles. The predicted molar refractivity (Wildman–Crippen MR) is 136 cm³/mol. The Labute approximate surface area is 186 Å². The Morgan fingerprint density at radius 2 is 1.45 bits per heavy atom. The van der Waals surface area contributed by atoms with Crippen molar-refractivity contribution in [1.82, 2.24) is 14.9 Å². The molecule has 1 atom stereocenters. The summed E-state index contributed by atoms with van der Waals surface area (Å²) in [5, 5.41) is 2.16. The van der Waals surface area contributed by atoms with Crippen molar-refractivity contribution in [3.8, 4) is 11.3 Å². The smallest absolute Gasteiger partial charge is 0.257 e. The lowest BCUT2D eigenvalue weighted by molar-refractivity contribution is 0.234. The molecule has 1 unspecified atom stereocenters. The maximum atomic E-state index is 12.6. The molecule has 166 valence electrons. The van der Waals surface area contributed by atoms with Gasteiger partial charge in [-0.2, -0.15) is 0 Å². The molecule has 0 bridgehead atoms. The topological polar surface area (TPSA) is 51.9 Å². The number of hydrogen-bond donors (Lipinski definition) is 2. The molecule has 0 aliphatic heterocycles. The molecule has 0 radical (unpaired) electrons. The molecule has 0 fully saturated rings. The van der Waals surface area contributed by atoms with Crippen LogP contribution in [0.15, 0.2) is 59.4 Å². The van der Waals surface area contributed by atoms with Crippen LogP contribution in [0.1, 0.15) is 60.1 Å². The van der Waals surface area contributed by atoms with Gasteiger partial charge in [-0.15, -0.1) is 0 Å². The summed E-state index contributed by atoms with van der Waals surface area (Å²) in [7, 11) is 0. The van der Waals surface area contributed by atoms with E-state index in [2.05, 4.69) is 59.9 Å². The molecule has 4 heteroatoms. The van der Waals surface area contributed by atoms with Crippen molar-refractivity contribution >= 4 is 21.8 Å². The SMILES string of the molecule is CC.CC.CCN(CC)C(C)c1ccc2[nH]c(-c3cc4ccccc4[nH]c3=O)cc2c1. The predicted octanol–water partition coefficient (Wildman–Crippen LogP) is 7.13. The van der Waals surface area contributed by atoms with Crippen molar-refractivity contribution in [1.29, 1.82) is 0 Å². The van der Waals surface area contributed by atoms with E-state index >= 15 is 0 Å². The van der Waals surface area contributed by atoms with Crippen LogP contribution in [-0.2, 0) is 0 Å². The minimum Gasteiger partial charge on any atom is -0.354 e. The Balaban J connectivity index is 0.000000807. The van der Waals surface area contributed by atoms with Crippen LogP contribution in [0.25, 0.3) is 33.1 Å². The second kappa shape index (κ2) is 11.5. The minimum absolute atomic E-state index is 0.0722. The van der Waals surface area contributed by atoms with Crippen LogP contribution >= 0.6 is 0 Å². The number of aromatic amines is 2. The van der Waals surface area contributed by atoms with Crippen LogP contribution in [0, 0.1) is 0 Å². The highest BCUT2D eigenvalue weighted by atomic mass is 16.1. The summed E-state index contributed by atoms with van der Waals surface area (Å²) in [6.45, 7) is 16.7. The molecule has 0 saturated heterocycles. The van der Waals surface area contributed by atoms with Gasteiger partial charge < -0.3 is 9.97 Å². The maximum Gasteiger partial charge on any atom is 0.257 e. The molecule has 4 nitrogen and oxygen atoms in total. The number of pyridine rings is 1. The zero-order valence-electron chi connectivity index (χ0n) is 20.0. The van der Waals surface area contributed by atoms with Crippen molar-refractivity contribution in [2.45, 2.75) is 54.5 Å². The van der Waals surface area contributed by atoms with E-state index in [1.807, 2.05) is 58.0 Å². The molecule has 2 heterocycles. The minimum atomic E-state index is -0.0722. The molecule has 0 saturated carbocycles. The monoisotopic (exact) mass is 419 g/mol. The quantitative estimate of drug-likeness (QED) is 0.361. The lowest BCUT2D eigenvalue weighted by Gasteiger charge is -2.26. The van der Waals surface area contributed by atoms with Crippen molar-refractivity contribution < 1.29 is 0 Å². The summed E-state index contributed by atoms with van der Waals surface area (Å²) >= 11 is 0. The number of rotatable bonds is 5. The number of hydrogen-bond acceptors (Lipinski definition) is 2. The van der Waals surface area contributed by atoms with Gasteiger partial charge in [0.05, 0.1) is 11.3 Å². The molecule has 0 aliphatic rings. The van der Waals surface area contributed by atoms with Crippen LogP contribution in [0.5, 0.6) is 0 Å². The summed E-state index contributed by atoms with van der Waals surface area (Å²) < 4.78 is 0. The third-order valence-corrected chi connectivity index (χ3v) is 5.53. The fourth-order valence-corrected chi connectivity index (χ4v) is 3.89. The van der Waals surface area contributed by atoms with E-state index in [1.165, 1.54) is 5.56 Å². The summed E-state index contributed by atoms with van der Waals surface area (Å²) in [5.41, 5.74) is 4.65. The number of H-pyrrole nitrogens is 2. The van der Waals surface area contributed by atoms with E-state index in [4.69, 9.17) is 0 Å². The number of fused-ring (bicyclic) bond motifs is 2. The average molecular weight is 420 g/mol. The number of nitrogens with one attached hydrogen (secondary N) is 2. The van der Waals surface area contributed by atoms with Crippen molar-refractivity contribution in [2.24, 2.45) is 0 Å². The zero-order valence-corrected chi connectivity index (χ0v) is 20.0. The molecule has 2 N–H and O–H groups in total. The molecule has 0 aliphatic carbocycles. The van der Waals surface area contributed by atoms with Gasteiger partial charge in [-0.05, 0) is 61.3 Å². The number of para-hydroxylation sites is 1. The fourth-order valence-electron chi connectivity index (χ4n) is 3.89.